The van der Waals surface area contributed by atoms with Crippen LogP contribution in [0.4, 0.5) is 13.2 Å². The second-order valence-corrected chi connectivity index (χ2v) is 7.12. The van der Waals surface area contributed by atoms with Crippen LogP contribution in [0.5, 0.6) is 0 Å². The quantitative estimate of drug-likeness (QED) is 0.707. The number of amidine groups is 1. The Morgan fingerprint density at radius 3 is 2.54 bits per heavy atom. The van der Waals surface area contributed by atoms with E-state index >= 15 is 0 Å². The van der Waals surface area contributed by atoms with Crippen LogP contribution < -0.4 is 0 Å². The minimum absolute atomic E-state index is 0.0932. The number of alkyl halides is 3. The van der Waals surface area contributed by atoms with Gasteiger partial charge in [-0.1, -0.05) is 25.1 Å². The molecule has 0 saturated carbocycles. The van der Waals surface area contributed by atoms with Crippen molar-refractivity contribution in [2.45, 2.75) is 61.8 Å². The number of halogens is 3. The van der Waals surface area contributed by atoms with Crippen LogP contribution in [0.2, 0.25) is 0 Å². The minimum atomic E-state index is -4.71. The molecular weight excluding hydrogens is 349 g/mol. The number of unbranched alkanes of at least 4 members (excludes halogenated alkanes) is 1. The zero-order valence-electron chi connectivity index (χ0n) is 13.7. The smallest absolute Gasteiger partial charge is 0.388 e. The molecule has 6 nitrogen and oxygen atoms in total. The highest BCUT2D eigenvalue weighted by Gasteiger charge is 2.57. The van der Waals surface area contributed by atoms with E-state index in [-0.39, 0.29) is 6.61 Å². The van der Waals surface area contributed by atoms with Gasteiger partial charge in [0.1, 0.15) is 29.8 Å². The van der Waals surface area contributed by atoms with Gasteiger partial charge in [0.05, 0.1) is 0 Å². The topological polar surface area (TPSA) is 74.5 Å². The Labute approximate surface area is 143 Å². The fourth-order valence-electron chi connectivity index (χ4n) is 2.57. The van der Waals surface area contributed by atoms with Gasteiger partial charge in [-0.15, -0.1) is 0 Å². The monoisotopic (exact) mass is 372 g/mol. The molecule has 2 heterocycles. The van der Waals surface area contributed by atoms with Crippen LogP contribution in [0.15, 0.2) is 4.99 Å². The van der Waals surface area contributed by atoms with Gasteiger partial charge in [0, 0.05) is 20.7 Å². The lowest BCUT2D eigenvalue weighted by molar-refractivity contribution is -0.284. The molecule has 0 radical (unpaired) electrons. The van der Waals surface area contributed by atoms with Crippen LogP contribution >= 0.6 is 11.8 Å². The number of ether oxygens (including phenoxy) is 2. The molecule has 0 aliphatic carbocycles. The third kappa shape index (κ3) is 4.16. The standard InChI is InChI=1S/C14H23F3N2O4S/c1-4-5-6-22-11(14(15,16)17)10-9(21)8(20)7-12(23-10)24-13(18-7)19(2)3/h7-12,20-21H,4-6H2,1-3H3/t7-,8-,9+,10?,11-,12-/m1/s1. The van der Waals surface area contributed by atoms with Gasteiger partial charge in [-0.25, -0.2) is 0 Å². The molecule has 0 aromatic heterocycles. The summed E-state index contributed by atoms with van der Waals surface area (Å²) in [6.45, 7) is 1.74. The van der Waals surface area contributed by atoms with E-state index in [1.165, 1.54) is 0 Å². The minimum Gasteiger partial charge on any atom is -0.388 e. The molecule has 1 fully saturated rings. The van der Waals surface area contributed by atoms with Gasteiger partial charge >= 0.3 is 6.18 Å². The second-order valence-electron chi connectivity index (χ2n) is 6.05. The molecule has 6 atom stereocenters. The molecule has 1 unspecified atom stereocenters. The molecule has 2 aliphatic rings. The van der Waals surface area contributed by atoms with Crippen LogP contribution in [0.1, 0.15) is 19.8 Å². The van der Waals surface area contributed by atoms with Crippen molar-refractivity contribution in [3.8, 4) is 0 Å². The van der Waals surface area contributed by atoms with Gasteiger partial charge in [0.2, 0.25) is 0 Å². The first kappa shape index (κ1) is 19.8. The summed E-state index contributed by atoms with van der Waals surface area (Å²) in [5.74, 6) is 0. The highest BCUT2D eigenvalue weighted by Crippen LogP contribution is 2.40. The summed E-state index contributed by atoms with van der Waals surface area (Å²) in [4.78, 5) is 5.90. The summed E-state index contributed by atoms with van der Waals surface area (Å²) in [5, 5.41) is 20.9. The first-order valence-electron chi connectivity index (χ1n) is 7.78. The molecule has 0 spiro atoms. The number of thioether (sulfide) groups is 1. The normalized spacial score (nSPS) is 34.7. The second kappa shape index (κ2) is 7.77. The van der Waals surface area contributed by atoms with Crippen molar-refractivity contribution in [3.05, 3.63) is 0 Å². The number of nitrogens with zero attached hydrogens (tertiary/aromatic N) is 2. The molecular formula is C14H23F3N2O4S. The summed E-state index contributed by atoms with van der Waals surface area (Å²) in [7, 11) is 3.46. The maximum absolute atomic E-state index is 13.3. The van der Waals surface area contributed by atoms with E-state index in [1.54, 1.807) is 19.0 Å². The lowest BCUT2D eigenvalue weighted by Crippen LogP contribution is -2.61. The first-order valence-corrected chi connectivity index (χ1v) is 8.66. The van der Waals surface area contributed by atoms with Crippen LogP contribution in [0, 0.1) is 0 Å². The number of hydrogen-bond donors (Lipinski definition) is 2. The Morgan fingerprint density at radius 1 is 1.33 bits per heavy atom. The van der Waals surface area contributed by atoms with E-state index in [1.807, 2.05) is 6.92 Å². The van der Waals surface area contributed by atoms with Crippen LogP contribution in [-0.4, -0.2) is 83.1 Å². The number of aliphatic hydroxyl groups excluding tert-OH is 2. The molecule has 24 heavy (non-hydrogen) atoms. The SMILES string of the molecule is CCCCO[C@H](C1O[C@@H]2SC(N(C)C)=N[C@@H]2[C@@H](O)[C@@H]1O)C(F)(F)F. The van der Waals surface area contributed by atoms with Crippen LogP contribution in [0.25, 0.3) is 0 Å². The summed E-state index contributed by atoms with van der Waals surface area (Å²) in [5.41, 5.74) is -0.787. The number of hydrogen-bond acceptors (Lipinski definition) is 7. The molecule has 2 rings (SSSR count). The summed E-state index contributed by atoms with van der Waals surface area (Å²) >= 11 is 1.13. The molecule has 0 aromatic rings. The van der Waals surface area contributed by atoms with Gasteiger partial charge in [0.25, 0.3) is 0 Å². The zero-order chi connectivity index (χ0) is 18.1. The first-order chi connectivity index (χ1) is 11.2. The van der Waals surface area contributed by atoms with E-state index in [0.29, 0.717) is 18.0 Å². The molecule has 0 aromatic carbocycles. The maximum atomic E-state index is 13.3. The predicted molar refractivity (Wildman–Crippen MR) is 83.9 cm³/mol. The van der Waals surface area contributed by atoms with Gasteiger partial charge < -0.3 is 24.6 Å². The summed E-state index contributed by atoms with van der Waals surface area (Å²) < 4.78 is 50.4. The lowest BCUT2D eigenvalue weighted by atomic mass is 9.94. The number of aliphatic hydroxyl groups is 2. The van der Waals surface area contributed by atoms with Crippen LogP contribution in [-0.2, 0) is 9.47 Å². The van der Waals surface area contributed by atoms with Crippen LogP contribution in [0.3, 0.4) is 0 Å². The average molecular weight is 372 g/mol. The van der Waals surface area contributed by atoms with Crippen molar-refractivity contribution < 1.29 is 32.9 Å². The number of rotatable bonds is 5. The Bertz CT molecular complexity index is 464. The van der Waals surface area contributed by atoms with E-state index < -0.39 is 42.1 Å². The van der Waals surface area contributed by atoms with E-state index in [4.69, 9.17) is 9.47 Å². The molecule has 2 aliphatic heterocycles. The highest BCUT2D eigenvalue weighted by molar-refractivity contribution is 8.14. The van der Waals surface area contributed by atoms with E-state index in [2.05, 4.69) is 4.99 Å². The molecule has 2 N–H and O–H groups in total. The average Bonchev–Trinajstić information content (AvgIpc) is 2.91. The number of aliphatic imine (C=N–C) groups is 1. The van der Waals surface area contributed by atoms with Gasteiger partial charge in [-0.3, -0.25) is 4.99 Å². The molecule has 1 saturated heterocycles. The summed E-state index contributed by atoms with van der Waals surface area (Å²) in [6.07, 6.45) is -10.7. The Kier molecular flexibility index (Phi) is 6.40. The number of fused-ring (bicyclic) bond motifs is 1. The van der Waals surface area contributed by atoms with Gasteiger partial charge in [-0.05, 0) is 6.42 Å². The third-order valence-corrected chi connectivity index (χ3v) is 5.19. The Balaban J connectivity index is 2.15. The van der Waals surface area contributed by atoms with E-state index in [9.17, 15) is 23.4 Å². The largest absolute Gasteiger partial charge is 0.417 e. The molecule has 0 amide bonds. The van der Waals surface area contributed by atoms with Crippen molar-refractivity contribution in [2.24, 2.45) is 4.99 Å². The molecule has 10 heteroatoms. The molecule has 140 valence electrons. The molecule has 0 bridgehead atoms. The van der Waals surface area contributed by atoms with Crippen molar-refractivity contribution in [2.75, 3.05) is 20.7 Å². The summed E-state index contributed by atoms with van der Waals surface area (Å²) in [6, 6.07) is -0.803. The predicted octanol–water partition coefficient (Wildman–Crippen LogP) is 1.21. The maximum Gasteiger partial charge on any atom is 0.417 e. The Morgan fingerprint density at radius 2 is 2.00 bits per heavy atom. The highest BCUT2D eigenvalue weighted by atomic mass is 32.2. The van der Waals surface area contributed by atoms with Crippen molar-refractivity contribution in [1.29, 1.82) is 0 Å². The Hall–Kier alpha value is -0.550. The fourth-order valence-corrected chi connectivity index (χ4v) is 3.72. The fraction of sp³-hybridized carbons (Fsp3) is 0.929. The van der Waals surface area contributed by atoms with E-state index in [0.717, 1.165) is 11.8 Å². The van der Waals surface area contributed by atoms with Crippen molar-refractivity contribution >= 4 is 16.9 Å². The van der Waals surface area contributed by atoms with Gasteiger partial charge in [-0.2, -0.15) is 13.2 Å². The van der Waals surface area contributed by atoms with Crippen molar-refractivity contribution in [3.63, 3.8) is 0 Å². The van der Waals surface area contributed by atoms with Gasteiger partial charge in [0.15, 0.2) is 11.3 Å². The lowest BCUT2D eigenvalue weighted by Gasteiger charge is -2.41. The zero-order valence-corrected chi connectivity index (χ0v) is 14.5. The third-order valence-electron chi connectivity index (χ3n) is 3.89. The van der Waals surface area contributed by atoms with Crippen molar-refractivity contribution in [1.82, 2.24) is 4.90 Å².